The van der Waals surface area contributed by atoms with Crippen molar-refractivity contribution in [1.82, 2.24) is 24.6 Å². The van der Waals surface area contributed by atoms with Crippen LogP contribution >= 0.6 is 11.6 Å². The Labute approximate surface area is 139 Å². The Balaban J connectivity index is 1.67. The molecule has 0 spiro atoms. The summed E-state index contributed by atoms with van der Waals surface area (Å²) >= 11 is 6.16. The van der Waals surface area contributed by atoms with E-state index in [-0.39, 0.29) is 6.10 Å². The minimum absolute atomic E-state index is 0.0774. The van der Waals surface area contributed by atoms with Gasteiger partial charge in [0, 0.05) is 32.9 Å². The maximum Gasteiger partial charge on any atom is 0.237 e. The molecule has 2 aromatic rings. The molecule has 0 bridgehead atoms. The van der Waals surface area contributed by atoms with Crippen LogP contribution in [0.25, 0.3) is 0 Å². The first kappa shape index (κ1) is 15.8. The van der Waals surface area contributed by atoms with Crippen molar-refractivity contribution >= 4 is 23.2 Å². The van der Waals surface area contributed by atoms with Crippen LogP contribution < -0.4 is 10.1 Å². The summed E-state index contributed by atoms with van der Waals surface area (Å²) in [7, 11) is 1.84. The first-order valence-electron chi connectivity index (χ1n) is 7.42. The van der Waals surface area contributed by atoms with E-state index in [4.69, 9.17) is 16.3 Å². The summed E-state index contributed by atoms with van der Waals surface area (Å²) in [6.45, 7) is 6.46. The molecule has 1 unspecified atom stereocenters. The van der Waals surface area contributed by atoms with Crippen LogP contribution in [0.2, 0.25) is 5.02 Å². The largest absolute Gasteiger partial charge is 0.472 e. The molecule has 7 nitrogen and oxygen atoms in total. The highest BCUT2D eigenvalue weighted by Crippen LogP contribution is 2.26. The monoisotopic (exact) mass is 334 g/mol. The number of nitrogens with one attached hydrogen (secondary N) is 1. The molecule has 0 aliphatic carbocycles. The molecule has 2 aromatic heterocycles. The Morgan fingerprint density at radius 1 is 1.52 bits per heavy atom. The van der Waals surface area contributed by atoms with E-state index in [1.807, 2.05) is 19.3 Å². The van der Waals surface area contributed by atoms with Gasteiger partial charge < -0.3 is 10.1 Å². The molecular weight excluding hydrogens is 316 g/mol. The molecule has 1 atom stereocenters. The van der Waals surface area contributed by atoms with E-state index in [9.17, 15) is 0 Å². The highest BCUT2D eigenvalue weighted by Gasteiger charge is 2.24. The molecule has 1 aliphatic rings. The lowest BCUT2D eigenvalue weighted by molar-refractivity contribution is 0.197. The van der Waals surface area contributed by atoms with Gasteiger partial charge in [0.05, 0.1) is 18.1 Å². The summed E-state index contributed by atoms with van der Waals surface area (Å²) in [4.78, 5) is 10.8. The third kappa shape index (κ3) is 4.00. The second-order valence-corrected chi connectivity index (χ2v) is 5.86. The van der Waals surface area contributed by atoms with Crippen LogP contribution in [0.1, 0.15) is 6.42 Å². The second-order valence-electron chi connectivity index (χ2n) is 5.45. The predicted octanol–water partition coefficient (Wildman–Crippen LogP) is 2.25. The molecule has 3 heterocycles. The Hall–Kier alpha value is -2.12. The highest BCUT2D eigenvalue weighted by molar-refractivity contribution is 6.31. The van der Waals surface area contributed by atoms with Gasteiger partial charge in [-0.25, -0.2) is 4.98 Å². The van der Waals surface area contributed by atoms with E-state index in [2.05, 4.69) is 31.9 Å². The van der Waals surface area contributed by atoms with Crippen molar-refractivity contribution in [1.29, 1.82) is 0 Å². The van der Waals surface area contributed by atoms with E-state index in [1.54, 1.807) is 17.1 Å². The number of hydrogen-bond donors (Lipinski definition) is 1. The minimum Gasteiger partial charge on any atom is -0.472 e. The molecule has 1 N–H and O–H groups in total. The summed E-state index contributed by atoms with van der Waals surface area (Å²) in [5.41, 5.74) is 0.804. The van der Waals surface area contributed by atoms with E-state index in [0.29, 0.717) is 16.9 Å². The zero-order valence-electron chi connectivity index (χ0n) is 12.9. The quantitative estimate of drug-likeness (QED) is 0.817. The van der Waals surface area contributed by atoms with Crippen LogP contribution in [-0.4, -0.2) is 50.4 Å². The van der Waals surface area contributed by atoms with Gasteiger partial charge in [0.2, 0.25) is 11.8 Å². The molecule has 1 fully saturated rings. The Kier molecular flexibility index (Phi) is 4.78. The highest BCUT2D eigenvalue weighted by atomic mass is 35.5. The number of aromatic nitrogens is 4. The predicted molar refractivity (Wildman–Crippen MR) is 89.2 cm³/mol. The molecule has 0 amide bonds. The number of nitrogens with zero attached hydrogens (tertiary/aromatic N) is 5. The lowest BCUT2D eigenvalue weighted by atomic mass is 10.3. The van der Waals surface area contributed by atoms with Crippen LogP contribution in [0.3, 0.4) is 0 Å². The number of hydrogen-bond acceptors (Lipinski definition) is 6. The van der Waals surface area contributed by atoms with Crippen molar-refractivity contribution in [3.63, 3.8) is 0 Å². The Morgan fingerprint density at radius 3 is 3.13 bits per heavy atom. The summed E-state index contributed by atoms with van der Waals surface area (Å²) in [5, 5.41) is 7.57. The molecular formula is C15H19ClN6O. The third-order valence-corrected chi connectivity index (χ3v) is 3.83. The molecule has 0 radical (unpaired) electrons. The topological polar surface area (TPSA) is 68.1 Å². The van der Waals surface area contributed by atoms with Gasteiger partial charge >= 0.3 is 0 Å². The molecule has 0 saturated carbocycles. The number of ether oxygens (including phenoxy) is 1. The maximum absolute atomic E-state index is 6.16. The van der Waals surface area contributed by atoms with Crippen LogP contribution in [0.4, 0.5) is 11.6 Å². The number of halogens is 1. The zero-order valence-corrected chi connectivity index (χ0v) is 13.7. The number of anilines is 2. The molecule has 3 rings (SSSR count). The fourth-order valence-corrected chi connectivity index (χ4v) is 2.64. The minimum atomic E-state index is 0.0774. The van der Waals surface area contributed by atoms with Crippen molar-refractivity contribution in [2.45, 2.75) is 12.5 Å². The van der Waals surface area contributed by atoms with Crippen molar-refractivity contribution in [3.05, 3.63) is 36.3 Å². The first-order valence-corrected chi connectivity index (χ1v) is 7.80. The van der Waals surface area contributed by atoms with Crippen molar-refractivity contribution < 1.29 is 4.74 Å². The standard InChI is InChI=1S/C15H19ClN6O/c1-3-5-22-6-4-12(10-22)23-14-13(16)8-17-15(20-14)19-11-7-18-21(2)9-11/h3,7-9,12H,1,4-6,10H2,2H3,(H,17,19,20). The molecule has 8 heteroatoms. The summed E-state index contributed by atoms with van der Waals surface area (Å²) < 4.78 is 7.64. The fraction of sp³-hybridized carbons (Fsp3) is 0.400. The van der Waals surface area contributed by atoms with Crippen LogP contribution in [0, 0.1) is 0 Å². The van der Waals surface area contributed by atoms with Gasteiger partial charge in [-0.3, -0.25) is 9.58 Å². The van der Waals surface area contributed by atoms with Crippen molar-refractivity contribution in [2.75, 3.05) is 25.0 Å². The van der Waals surface area contributed by atoms with Gasteiger partial charge in [-0.2, -0.15) is 10.1 Å². The number of likely N-dealkylation sites (tertiary alicyclic amines) is 1. The summed E-state index contributed by atoms with van der Waals surface area (Å²) in [6, 6.07) is 0. The second kappa shape index (κ2) is 6.97. The Morgan fingerprint density at radius 2 is 2.39 bits per heavy atom. The molecule has 1 aliphatic heterocycles. The van der Waals surface area contributed by atoms with E-state index < -0.39 is 0 Å². The van der Waals surface area contributed by atoms with E-state index >= 15 is 0 Å². The lowest BCUT2D eigenvalue weighted by Crippen LogP contribution is -2.25. The van der Waals surface area contributed by atoms with Gasteiger partial charge in [-0.05, 0) is 6.42 Å². The van der Waals surface area contributed by atoms with Crippen LogP contribution in [-0.2, 0) is 7.05 Å². The summed E-state index contributed by atoms with van der Waals surface area (Å²) in [5.74, 6) is 0.830. The molecule has 23 heavy (non-hydrogen) atoms. The average molecular weight is 335 g/mol. The van der Waals surface area contributed by atoms with E-state index in [1.165, 1.54) is 0 Å². The fourth-order valence-electron chi connectivity index (χ4n) is 2.51. The van der Waals surface area contributed by atoms with Gasteiger partial charge in [-0.1, -0.05) is 17.7 Å². The van der Waals surface area contributed by atoms with Gasteiger partial charge in [0.15, 0.2) is 0 Å². The molecule has 1 saturated heterocycles. The zero-order chi connectivity index (χ0) is 16.2. The van der Waals surface area contributed by atoms with E-state index in [0.717, 1.165) is 31.7 Å². The SMILES string of the molecule is C=CCN1CCC(Oc2nc(Nc3cnn(C)c3)ncc2Cl)C1. The van der Waals surface area contributed by atoms with Gasteiger partial charge in [0.1, 0.15) is 11.1 Å². The normalized spacial score (nSPS) is 18.1. The van der Waals surface area contributed by atoms with Crippen LogP contribution in [0.5, 0.6) is 5.88 Å². The average Bonchev–Trinajstić information content (AvgIpc) is 3.12. The first-order chi connectivity index (χ1) is 11.1. The Bertz CT molecular complexity index is 688. The smallest absolute Gasteiger partial charge is 0.237 e. The maximum atomic E-state index is 6.16. The van der Waals surface area contributed by atoms with Crippen LogP contribution in [0.15, 0.2) is 31.2 Å². The number of rotatable bonds is 6. The molecule has 0 aromatic carbocycles. The van der Waals surface area contributed by atoms with Crippen molar-refractivity contribution in [3.8, 4) is 5.88 Å². The summed E-state index contributed by atoms with van der Waals surface area (Å²) in [6.07, 6.45) is 7.99. The molecule has 122 valence electrons. The van der Waals surface area contributed by atoms with Gasteiger partial charge in [-0.15, -0.1) is 6.58 Å². The third-order valence-electron chi connectivity index (χ3n) is 3.57. The number of aryl methyl sites for hydroxylation is 1. The van der Waals surface area contributed by atoms with Gasteiger partial charge in [0.25, 0.3) is 0 Å². The van der Waals surface area contributed by atoms with Crippen molar-refractivity contribution in [2.24, 2.45) is 7.05 Å². The lowest BCUT2D eigenvalue weighted by Gasteiger charge is -2.15.